The Kier molecular flexibility index (Phi) is 12.2. The van der Waals surface area contributed by atoms with E-state index in [1.54, 1.807) is 54.0 Å². The molecule has 1 rings (SSSR count). The van der Waals surface area contributed by atoms with Crippen LogP contribution in [0.15, 0.2) is 36.4 Å². The van der Waals surface area contributed by atoms with Gasteiger partial charge in [0.25, 0.3) is 0 Å². The molecule has 1 aromatic carbocycles. The van der Waals surface area contributed by atoms with Gasteiger partial charge >= 0.3 is 12.1 Å². The summed E-state index contributed by atoms with van der Waals surface area (Å²) < 4.78 is 21.6. The molecule has 0 heterocycles. The Morgan fingerprint density at radius 2 is 1.74 bits per heavy atom. The summed E-state index contributed by atoms with van der Waals surface area (Å²) in [6.07, 6.45) is 3.43. The van der Waals surface area contributed by atoms with Gasteiger partial charge in [0, 0.05) is 19.7 Å². The van der Waals surface area contributed by atoms with Gasteiger partial charge in [0.1, 0.15) is 11.4 Å². The minimum atomic E-state index is -0.893. The summed E-state index contributed by atoms with van der Waals surface area (Å²) in [6.45, 7) is 11.2. The number of nitrogens with zero attached hydrogens (tertiary/aromatic N) is 1. The number of hydroxylamine groups is 2. The third kappa shape index (κ3) is 10.3. The molecular formula is C26H42N2O7. The predicted octanol–water partition coefficient (Wildman–Crippen LogP) is 4.47. The molecular weight excluding hydrogens is 452 g/mol. The molecule has 9 heteroatoms. The highest BCUT2D eigenvalue weighted by Crippen LogP contribution is 2.28. The van der Waals surface area contributed by atoms with Crippen LogP contribution >= 0.6 is 0 Å². The molecule has 35 heavy (non-hydrogen) atoms. The summed E-state index contributed by atoms with van der Waals surface area (Å²) in [5, 5.41) is 15.2. The third-order valence-corrected chi connectivity index (χ3v) is 5.45. The van der Waals surface area contributed by atoms with E-state index in [0.29, 0.717) is 12.2 Å². The number of rotatable bonds is 13. The topological polar surface area (TPSA) is 107 Å². The van der Waals surface area contributed by atoms with Crippen LogP contribution in [0.4, 0.5) is 4.79 Å². The first-order chi connectivity index (χ1) is 16.4. The van der Waals surface area contributed by atoms with Crippen LogP contribution in [0.25, 0.3) is 0 Å². The maximum atomic E-state index is 12.8. The molecule has 198 valence electrons. The van der Waals surface area contributed by atoms with Crippen LogP contribution in [0.3, 0.4) is 0 Å². The zero-order chi connectivity index (χ0) is 26.6. The van der Waals surface area contributed by atoms with Crippen LogP contribution in [0, 0.1) is 0 Å². The minimum Gasteiger partial charge on any atom is -0.497 e. The third-order valence-electron chi connectivity index (χ3n) is 5.45. The van der Waals surface area contributed by atoms with Gasteiger partial charge in [-0.05, 0) is 58.7 Å². The molecule has 0 bridgehead atoms. The second-order valence-corrected chi connectivity index (χ2v) is 9.44. The summed E-state index contributed by atoms with van der Waals surface area (Å²) in [7, 11) is 3.13. The van der Waals surface area contributed by atoms with Crippen LogP contribution in [0.2, 0.25) is 0 Å². The van der Waals surface area contributed by atoms with Gasteiger partial charge < -0.3 is 29.5 Å². The second-order valence-electron chi connectivity index (χ2n) is 9.44. The summed E-state index contributed by atoms with van der Waals surface area (Å²) in [6, 6.07) is 5.60. The van der Waals surface area contributed by atoms with Crippen LogP contribution in [0.5, 0.6) is 5.75 Å². The average molecular weight is 495 g/mol. The standard InChI is InChI=1S/C26H42N2O7/c1-9-17-26(6,33-8)23(27-24(30)35-25(3,4)5)21(15-16-22(29)34-10-2)28(31)18-19-11-13-20(32-7)14-12-19/h11-16,21,23,31H,9-10,17-18H2,1-8H3,(H,27,30)/b16-15-/t21-,23-,26+/m1/s1. The fraction of sp³-hybridized carbons (Fsp3) is 0.615. The molecule has 3 atom stereocenters. The Hall–Kier alpha value is -2.62. The molecule has 0 fully saturated rings. The molecule has 0 saturated heterocycles. The van der Waals surface area contributed by atoms with E-state index in [0.717, 1.165) is 17.0 Å². The quantitative estimate of drug-likeness (QED) is 0.235. The highest BCUT2D eigenvalue weighted by molar-refractivity contribution is 5.82. The number of carbonyl (C=O) groups excluding carboxylic acids is 2. The summed E-state index contributed by atoms with van der Waals surface area (Å²) in [5.41, 5.74) is -0.814. The van der Waals surface area contributed by atoms with E-state index in [2.05, 4.69) is 5.32 Å². The second kappa shape index (κ2) is 14.1. The first-order valence-corrected chi connectivity index (χ1v) is 11.9. The van der Waals surface area contributed by atoms with Crippen molar-refractivity contribution >= 4 is 12.1 Å². The number of amides is 1. The van der Waals surface area contributed by atoms with Gasteiger partial charge in [0.05, 0.1) is 31.4 Å². The van der Waals surface area contributed by atoms with Crippen molar-refractivity contribution in [2.24, 2.45) is 0 Å². The highest BCUT2D eigenvalue weighted by atomic mass is 16.6. The molecule has 0 spiro atoms. The average Bonchev–Trinajstić information content (AvgIpc) is 2.78. The van der Waals surface area contributed by atoms with E-state index in [1.165, 1.54) is 12.2 Å². The Morgan fingerprint density at radius 1 is 1.11 bits per heavy atom. The molecule has 2 N–H and O–H groups in total. The normalized spacial score (nSPS) is 15.4. The van der Waals surface area contributed by atoms with Crippen molar-refractivity contribution in [3.8, 4) is 5.75 Å². The highest BCUT2D eigenvalue weighted by Gasteiger charge is 2.42. The largest absolute Gasteiger partial charge is 0.497 e. The lowest BCUT2D eigenvalue weighted by atomic mass is 9.85. The number of carbonyl (C=O) groups is 2. The number of benzene rings is 1. The monoisotopic (exact) mass is 494 g/mol. The first kappa shape index (κ1) is 30.4. The molecule has 0 saturated carbocycles. The van der Waals surface area contributed by atoms with Crippen molar-refractivity contribution < 1.29 is 33.7 Å². The summed E-state index contributed by atoms with van der Waals surface area (Å²) in [5.74, 6) is 0.136. The zero-order valence-corrected chi connectivity index (χ0v) is 22.3. The Morgan fingerprint density at radius 3 is 2.23 bits per heavy atom. The fourth-order valence-electron chi connectivity index (χ4n) is 3.69. The van der Waals surface area contributed by atoms with Crippen molar-refractivity contribution in [3.63, 3.8) is 0 Å². The predicted molar refractivity (Wildman–Crippen MR) is 133 cm³/mol. The van der Waals surface area contributed by atoms with E-state index in [-0.39, 0.29) is 13.2 Å². The Balaban J connectivity index is 3.42. The fourth-order valence-corrected chi connectivity index (χ4v) is 3.69. The van der Waals surface area contributed by atoms with Gasteiger partial charge in [-0.25, -0.2) is 9.59 Å². The number of nitrogens with one attached hydrogen (secondary N) is 1. The van der Waals surface area contributed by atoms with Crippen LogP contribution in [-0.2, 0) is 25.5 Å². The van der Waals surface area contributed by atoms with Gasteiger partial charge in [0.2, 0.25) is 0 Å². The van der Waals surface area contributed by atoms with Crippen LogP contribution in [-0.4, -0.2) is 66.4 Å². The zero-order valence-electron chi connectivity index (χ0n) is 22.3. The molecule has 0 aliphatic carbocycles. The summed E-state index contributed by atoms with van der Waals surface area (Å²) in [4.78, 5) is 24.9. The number of methoxy groups -OCH3 is 2. The number of hydrogen-bond donors (Lipinski definition) is 2. The molecule has 0 aliphatic rings. The van der Waals surface area contributed by atoms with E-state index in [9.17, 15) is 14.8 Å². The van der Waals surface area contributed by atoms with Crippen molar-refractivity contribution in [1.29, 1.82) is 0 Å². The Labute approximate surface area is 209 Å². The van der Waals surface area contributed by atoms with Crippen molar-refractivity contribution in [2.45, 2.75) is 84.2 Å². The smallest absolute Gasteiger partial charge is 0.408 e. The summed E-state index contributed by atoms with van der Waals surface area (Å²) >= 11 is 0. The van der Waals surface area contributed by atoms with Crippen molar-refractivity contribution in [1.82, 2.24) is 10.4 Å². The lowest BCUT2D eigenvalue weighted by Crippen LogP contribution is -2.62. The van der Waals surface area contributed by atoms with Crippen molar-refractivity contribution in [2.75, 3.05) is 20.8 Å². The van der Waals surface area contributed by atoms with E-state index >= 15 is 0 Å². The molecule has 1 amide bonds. The van der Waals surface area contributed by atoms with Gasteiger partial charge in [0.15, 0.2) is 0 Å². The van der Waals surface area contributed by atoms with Gasteiger partial charge in [-0.3, -0.25) is 0 Å². The number of alkyl carbamates (subject to hydrolysis) is 1. The van der Waals surface area contributed by atoms with E-state index in [1.807, 2.05) is 26.0 Å². The molecule has 0 unspecified atom stereocenters. The van der Waals surface area contributed by atoms with Crippen LogP contribution < -0.4 is 10.1 Å². The maximum absolute atomic E-state index is 12.8. The van der Waals surface area contributed by atoms with E-state index < -0.39 is 35.3 Å². The van der Waals surface area contributed by atoms with Crippen molar-refractivity contribution in [3.05, 3.63) is 42.0 Å². The lowest BCUT2D eigenvalue weighted by molar-refractivity contribution is -0.154. The molecule has 0 aliphatic heterocycles. The SMILES string of the molecule is CCC[C@](C)(OC)[C@H](NC(=O)OC(C)(C)C)[C@@H](/C=C\C(=O)OCC)N(O)Cc1ccc(OC)cc1. The number of esters is 1. The van der Waals surface area contributed by atoms with Gasteiger partial charge in [-0.2, -0.15) is 5.06 Å². The Bertz CT molecular complexity index is 820. The van der Waals surface area contributed by atoms with Gasteiger partial charge in [-0.15, -0.1) is 0 Å². The number of ether oxygens (including phenoxy) is 4. The lowest BCUT2D eigenvalue weighted by Gasteiger charge is -2.42. The number of hydrogen-bond acceptors (Lipinski definition) is 8. The first-order valence-electron chi connectivity index (χ1n) is 11.9. The molecule has 0 aromatic heterocycles. The maximum Gasteiger partial charge on any atom is 0.408 e. The van der Waals surface area contributed by atoms with Gasteiger partial charge in [-0.1, -0.05) is 31.6 Å². The molecule has 1 aromatic rings. The van der Waals surface area contributed by atoms with E-state index in [4.69, 9.17) is 18.9 Å². The molecule has 0 radical (unpaired) electrons. The van der Waals surface area contributed by atoms with Crippen LogP contribution in [0.1, 0.15) is 59.9 Å². The molecule has 9 nitrogen and oxygen atoms in total. The minimum absolute atomic E-state index is 0.111.